The number of imide groups is 1. The van der Waals surface area contributed by atoms with Crippen molar-refractivity contribution in [2.24, 2.45) is 0 Å². The van der Waals surface area contributed by atoms with Crippen molar-refractivity contribution < 1.29 is 24.0 Å². The van der Waals surface area contributed by atoms with Crippen molar-refractivity contribution in [3.05, 3.63) is 103 Å². The third kappa shape index (κ3) is 5.64. The monoisotopic (exact) mass is 510 g/mol. The molecule has 4 rings (SSSR count). The maximum absolute atomic E-state index is 12.9. The molecule has 1 saturated heterocycles. The van der Waals surface area contributed by atoms with Crippen LogP contribution in [0.25, 0.3) is 6.08 Å². The third-order valence-electron chi connectivity index (χ3n) is 5.16. The second kappa shape index (κ2) is 10.6. The van der Waals surface area contributed by atoms with Gasteiger partial charge in [-0.2, -0.15) is 0 Å². The smallest absolute Gasteiger partial charge is 0.293 e. The standard InChI is InChI=1S/C25H19ClN2O6S/c1-33-22-12-16(9-10-21(22)34-15-17-5-4-7-19(11-17)28(31)32)13-23-24(29)27(25(30)35-23)14-18-6-2-3-8-20(18)26/h2-13H,14-15H2,1H3/b23-13-. The van der Waals surface area contributed by atoms with E-state index in [2.05, 4.69) is 0 Å². The van der Waals surface area contributed by atoms with E-state index in [1.54, 1.807) is 60.7 Å². The zero-order valence-corrected chi connectivity index (χ0v) is 20.0. The lowest BCUT2D eigenvalue weighted by Crippen LogP contribution is -2.27. The topological polar surface area (TPSA) is 99.0 Å². The molecule has 1 aliphatic rings. The molecule has 0 N–H and O–H groups in total. The lowest BCUT2D eigenvalue weighted by atomic mass is 10.1. The average Bonchev–Trinajstić information content (AvgIpc) is 3.11. The number of carbonyl (C=O) groups is 2. The van der Waals surface area contributed by atoms with Gasteiger partial charge in [0.2, 0.25) is 0 Å². The molecule has 0 unspecified atom stereocenters. The zero-order chi connectivity index (χ0) is 24.9. The van der Waals surface area contributed by atoms with Gasteiger partial charge in [0, 0.05) is 17.2 Å². The number of benzene rings is 3. The van der Waals surface area contributed by atoms with Crippen molar-refractivity contribution in [1.29, 1.82) is 0 Å². The maximum Gasteiger partial charge on any atom is 0.293 e. The number of nitrogens with zero attached hydrogens (tertiary/aromatic N) is 2. The Labute approximate surface area is 210 Å². The molecule has 0 aliphatic carbocycles. The van der Waals surface area contributed by atoms with Gasteiger partial charge in [0.25, 0.3) is 16.8 Å². The van der Waals surface area contributed by atoms with Gasteiger partial charge in [-0.15, -0.1) is 0 Å². The van der Waals surface area contributed by atoms with Gasteiger partial charge in [0.1, 0.15) is 6.61 Å². The fraction of sp³-hybridized carbons (Fsp3) is 0.120. The van der Waals surface area contributed by atoms with Gasteiger partial charge in [-0.1, -0.05) is 48.0 Å². The summed E-state index contributed by atoms with van der Waals surface area (Å²) in [5, 5.41) is 11.1. The molecule has 1 fully saturated rings. The van der Waals surface area contributed by atoms with E-state index >= 15 is 0 Å². The summed E-state index contributed by atoms with van der Waals surface area (Å²) < 4.78 is 11.2. The number of halogens is 1. The Hall–Kier alpha value is -3.82. The molecule has 3 aromatic rings. The first-order valence-electron chi connectivity index (χ1n) is 10.4. The lowest BCUT2D eigenvalue weighted by Gasteiger charge is -2.13. The van der Waals surface area contributed by atoms with Gasteiger partial charge in [0.05, 0.1) is 23.5 Å². The van der Waals surface area contributed by atoms with Gasteiger partial charge < -0.3 is 9.47 Å². The second-order valence-electron chi connectivity index (χ2n) is 7.49. The summed E-state index contributed by atoms with van der Waals surface area (Å²) in [4.78, 5) is 37.3. The largest absolute Gasteiger partial charge is 0.493 e. The number of methoxy groups -OCH3 is 1. The Kier molecular flexibility index (Phi) is 7.38. The van der Waals surface area contributed by atoms with Gasteiger partial charge in [-0.25, -0.2) is 0 Å². The molecule has 0 radical (unpaired) electrons. The average molecular weight is 511 g/mol. The van der Waals surface area contributed by atoms with Gasteiger partial charge in [-0.3, -0.25) is 24.6 Å². The molecular weight excluding hydrogens is 492 g/mol. The van der Waals surface area contributed by atoms with Crippen LogP contribution in [0.5, 0.6) is 11.5 Å². The summed E-state index contributed by atoms with van der Waals surface area (Å²) in [5.41, 5.74) is 1.95. The van der Waals surface area contributed by atoms with E-state index < -0.39 is 10.8 Å². The van der Waals surface area contributed by atoms with E-state index in [9.17, 15) is 19.7 Å². The molecule has 0 atom stereocenters. The Balaban J connectivity index is 1.49. The summed E-state index contributed by atoms with van der Waals surface area (Å²) in [6.07, 6.45) is 1.62. The predicted octanol–water partition coefficient (Wildman–Crippen LogP) is 6.07. The van der Waals surface area contributed by atoms with Crippen molar-refractivity contribution in [2.45, 2.75) is 13.2 Å². The molecule has 0 aromatic heterocycles. The van der Waals surface area contributed by atoms with Crippen molar-refractivity contribution in [1.82, 2.24) is 4.90 Å². The molecule has 0 spiro atoms. The number of hydrogen-bond donors (Lipinski definition) is 0. The Bertz CT molecular complexity index is 1340. The number of nitro benzene ring substituents is 1. The van der Waals surface area contributed by atoms with Crippen LogP contribution in [0.3, 0.4) is 0 Å². The Morgan fingerprint density at radius 2 is 1.86 bits per heavy atom. The Morgan fingerprint density at radius 1 is 1.06 bits per heavy atom. The number of carbonyl (C=O) groups excluding carboxylic acids is 2. The van der Waals surface area contributed by atoms with Crippen LogP contribution >= 0.6 is 23.4 Å². The summed E-state index contributed by atoms with van der Waals surface area (Å²) in [7, 11) is 1.48. The fourth-order valence-electron chi connectivity index (χ4n) is 3.40. The number of ether oxygens (including phenoxy) is 2. The van der Waals surface area contributed by atoms with E-state index in [4.69, 9.17) is 21.1 Å². The molecular formula is C25H19ClN2O6S. The molecule has 2 amide bonds. The van der Waals surface area contributed by atoms with E-state index in [0.717, 1.165) is 16.7 Å². The van der Waals surface area contributed by atoms with Crippen LogP contribution < -0.4 is 9.47 Å². The second-order valence-corrected chi connectivity index (χ2v) is 8.89. The predicted molar refractivity (Wildman–Crippen MR) is 133 cm³/mol. The summed E-state index contributed by atoms with van der Waals surface area (Å²) >= 11 is 7.03. The van der Waals surface area contributed by atoms with Gasteiger partial charge in [0.15, 0.2) is 11.5 Å². The molecule has 8 nitrogen and oxygen atoms in total. The van der Waals surface area contributed by atoms with Crippen LogP contribution in [0.15, 0.2) is 71.6 Å². The van der Waals surface area contributed by atoms with Gasteiger partial charge in [-0.05, 0) is 52.7 Å². The van der Waals surface area contributed by atoms with Crippen LogP contribution in [0, 0.1) is 10.1 Å². The number of nitro groups is 1. The van der Waals surface area contributed by atoms with E-state index in [0.29, 0.717) is 33.2 Å². The molecule has 10 heteroatoms. The van der Waals surface area contributed by atoms with Crippen LogP contribution in [0.1, 0.15) is 16.7 Å². The van der Waals surface area contributed by atoms with Gasteiger partial charge >= 0.3 is 0 Å². The minimum absolute atomic E-state index is 0.0168. The minimum Gasteiger partial charge on any atom is -0.493 e. The number of rotatable bonds is 8. The number of non-ortho nitro benzene ring substituents is 1. The maximum atomic E-state index is 12.9. The summed E-state index contributed by atoms with van der Waals surface area (Å²) in [5.74, 6) is 0.451. The number of amides is 2. The molecule has 1 heterocycles. The molecule has 0 bridgehead atoms. The highest BCUT2D eigenvalue weighted by Crippen LogP contribution is 2.36. The number of hydrogen-bond acceptors (Lipinski definition) is 7. The fourth-order valence-corrected chi connectivity index (χ4v) is 4.43. The third-order valence-corrected chi connectivity index (χ3v) is 6.44. The molecule has 0 saturated carbocycles. The first kappa shape index (κ1) is 24.3. The van der Waals surface area contributed by atoms with Crippen molar-refractivity contribution in [3.8, 4) is 11.5 Å². The SMILES string of the molecule is COc1cc(/C=C2\SC(=O)N(Cc3ccccc3Cl)C2=O)ccc1OCc1cccc([N+](=O)[O-])c1. The first-order valence-corrected chi connectivity index (χ1v) is 11.6. The Morgan fingerprint density at radius 3 is 2.60 bits per heavy atom. The van der Waals surface area contributed by atoms with Crippen LogP contribution in [0.2, 0.25) is 5.02 Å². The molecule has 1 aliphatic heterocycles. The summed E-state index contributed by atoms with van der Waals surface area (Å²) in [6, 6.07) is 18.3. The van der Waals surface area contributed by atoms with Crippen molar-refractivity contribution in [3.63, 3.8) is 0 Å². The molecule has 178 valence electrons. The van der Waals surface area contributed by atoms with Crippen LogP contribution in [-0.2, 0) is 17.9 Å². The quantitative estimate of drug-likeness (QED) is 0.206. The lowest BCUT2D eigenvalue weighted by molar-refractivity contribution is -0.384. The van der Waals surface area contributed by atoms with Crippen LogP contribution in [-0.4, -0.2) is 28.1 Å². The normalized spacial score (nSPS) is 14.5. The summed E-state index contributed by atoms with van der Waals surface area (Å²) in [6.45, 7) is 0.202. The molecule has 35 heavy (non-hydrogen) atoms. The molecule has 3 aromatic carbocycles. The van der Waals surface area contributed by atoms with E-state index in [-0.39, 0.29) is 29.0 Å². The van der Waals surface area contributed by atoms with Crippen molar-refractivity contribution in [2.75, 3.05) is 7.11 Å². The van der Waals surface area contributed by atoms with E-state index in [1.807, 2.05) is 0 Å². The first-order chi connectivity index (χ1) is 16.9. The highest BCUT2D eigenvalue weighted by Gasteiger charge is 2.35. The minimum atomic E-state index is -0.463. The zero-order valence-electron chi connectivity index (χ0n) is 18.5. The van der Waals surface area contributed by atoms with E-state index in [1.165, 1.54) is 19.2 Å². The van der Waals surface area contributed by atoms with Crippen molar-refractivity contribution >= 4 is 46.3 Å². The highest BCUT2D eigenvalue weighted by molar-refractivity contribution is 8.18. The van der Waals surface area contributed by atoms with Crippen LogP contribution in [0.4, 0.5) is 10.5 Å². The highest BCUT2D eigenvalue weighted by atomic mass is 35.5. The number of thioether (sulfide) groups is 1.